The highest BCUT2D eigenvalue weighted by Crippen LogP contribution is 2.31. The van der Waals surface area contributed by atoms with E-state index in [-0.39, 0.29) is 30.3 Å². The van der Waals surface area contributed by atoms with Gasteiger partial charge in [-0.15, -0.1) is 0 Å². The number of pyridine rings is 1. The van der Waals surface area contributed by atoms with Crippen LogP contribution < -0.4 is 10.1 Å². The Kier molecular flexibility index (Phi) is 6.45. The van der Waals surface area contributed by atoms with Gasteiger partial charge < -0.3 is 10.1 Å². The third-order valence-corrected chi connectivity index (χ3v) is 5.39. The summed E-state index contributed by atoms with van der Waals surface area (Å²) >= 11 is 0. The average Bonchev–Trinajstić information content (AvgIpc) is 2.81. The topological polar surface area (TPSA) is 68.3 Å². The van der Waals surface area contributed by atoms with Crippen LogP contribution in [0.2, 0.25) is 0 Å². The molecule has 0 aliphatic carbocycles. The SMILES string of the molecule is CNC(=O)c1cc2c(Oc3ccc(CC(=O)Cc4ccc(F)cc4)cc3)ccnc2cc1C. The molecule has 33 heavy (non-hydrogen) atoms. The molecular weight excluding hydrogens is 419 g/mol. The number of ketones is 1. The Labute approximate surface area is 191 Å². The van der Waals surface area contributed by atoms with Crippen LogP contribution in [0.25, 0.3) is 10.9 Å². The minimum absolute atomic E-state index is 0.0486. The van der Waals surface area contributed by atoms with E-state index < -0.39 is 0 Å². The van der Waals surface area contributed by atoms with Gasteiger partial charge in [-0.25, -0.2) is 4.39 Å². The molecule has 0 aliphatic rings. The molecule has 166 valence electrons. The van der Waals surface area contributed by atoms with Gasteiger partial charge in [0.25, 0.3) is 5.91 Å². The Morgan fingerprint density at radius 1 is 0.939 bits per heavy atom. The highest BCUT2D eigenvalue weighted by atomic mass is 19.1. The Hall–Kier alpha value is -4.06. The summed E-state index contributed by atoms with van der Waals surface area (Å²) in [7, 11) is 1.60. The van der Waals surface area contributed by atoms with Gasteiger partial charge in [-0.1, -0.05) is 24.3 Å². The van der Waals surface area contributed by atoms with Crippen LogP contribution in [0.5, 0.6) is 11.5 Å². The van der Waals surface area contributed by atoms with E-state index in [1.807, 2.05) is 25.1 Å². The highest BCUT2D eigenvalue weighted by Gasteiger charge is 2.13. The third kappa shape index (κ3) is 5.23. The lowest BCUT2D eigenvalue weighted by atomic mass is 10.0. The number of carbonyl (C=O) groups excluding carboxylic acids is 2. The Morgan fingerprint density at radius 3 is 2.21 bits per heavy atom. The summed E-state index contributed by atoms with van der Waals surface area (Å²) in [5.41, 5.74) is 3.79. The van der Waals surface area contributed by atoms with E-state index in [2.05, 4.69) is 10.3 Å². The van der Waals surface area contributed by atoms with E-state index in [9.17, 15) is 14.0 Å². The zero-order chi connectivity index (χ0) is 23.4. The Bertz CT molecular complexity index is 1320. The van der Waals surface area contributed by atoms with Gasteiger partial charge in [0.05, 0.1) is 5.52 Å². The van der Waals surface area contributed by atoms with Crippen LogP contribution in [0.1, 0.15) is 27.0 Å². The first kappa shape index (κ1) is 22.1. The van der Waals surface area contributed by atoms with Crippen molar-refractivity contribution in [3.05, 3.63) is 101 Å². The van der Waals surface area contributed by atoms with Gasteiger partial charge in [0, 0.05) is 37.0 Å². The number of hydrogen-bond donors (Lipinski definition) is 1. The number of halogens is 1. The molecule has 4 rings (SSSR count). The number of fused-ring (bicyclic) bond motifs is 1. The van der Waals surface area contributed by atoms with Gasteiger partial charge in [0.15, 0.2) is 0 Å². The number of nitrogens with zero attached hydrogens (tertiary/aromatic N) is 1. The fourth-order valence-corrected chi connectivity index (χ4v) is 3.66. The van der Waals surface area contributed by atoms with Crippen LogP contribution in [0.4, 0.5) is 4.39 Å². The summed E-state index contributed by atoms with van der Waals surface area (Å²) in [6.07, 6.45) is 2.21. The van der Waals surface area contributed by atoms with Crippen LogP contribution in [0.3, 0.4) is 0 Å². The number of benzene rings is 3. The maximum atomic E-state index is 13.0. The lowest BCUT2D eigenvalue weighted by Gasteiger charge is -2.12. The molecule has 0 radical (unpaired) electrons. The molecule has 1 aromatic heterocycles. The quantitative estimate of drug-likeness (QED) is 0.428. The number of hydrogen-bond acceptors (Lipinski definition) is 4. The molecule has 0 saturated heterocycles. The molecule has 0 saturated carbocycles. The minimum Gasteiger partial charge on any atom is -0.457 e. The van der Waals surface area contributed by atoms with Crippen molar-refractivity contribution in [3.8, 4) is 11.5 Å². The van der Waals surface area contributed by atoms with Crippen molar-refractivity contribution in [1.82, 2.24) is 10.3 Å². The predicted octanol–water partition coefficient (Wildman–Crippen LogP) is 5.19. The van der Waals surface area contributed by atoms with E-state index in [1.165, 1.54) is 12.1 Å². The second-order valence-electron chi connectivity index (χ2n) is 7.84. The summed E-state index contributed by atoms with van der Waals surface area (Å²) in [4.78, 5) is 28.9. The third-order valence-electron chi connectivity index (χ3n) is 5.39. The summed E-state index contributed by atoms with van der Waals surface area (Å²) in [6, 6.07) is 18.7. The molecule has 5 nitrogen and oxygen atoms in total. The van der Waals surface area contributed by atoms with Crippen LogP contribution in [-0.2, 0) is 17.6 Å². The van der Waals surface area contributed by atoms with E-state index in [0.29, 0.717) is 17.1 Å². The first-order chi connectivity index (χ1) is 15.9. The molecule has 0 aliphatic heterocycles. The highest BCUT2D eigenvalue weighted by molar-refractivity contribution is 6.00. The molecule has 4 aromatic rings. The van der Waals surface area contributed by atoms with Crippen molar-refractivity contribution in [2.75, 3.05) is 7.05 Å². The number of ether oxygens (including phenoxy) is 1. The van der Waals surface area contributed by atoms with E-state index in [1.54, 1.807) is 49.6 Å². The zero-order valence-electron chi connectivity index (χ0n) is 18.4. The normalized spacial score (nSPS) is 10.8. The standard InChI is InChI=1S/C27H23FN2O3/c1-17-13-25-24(16-23(17)27(32)29-2)26(11-12-30-25)33-22-9-5-19(6-10-22)15-21(31)14-18-3-7-20(28)8-4-18/h3-13,16H,14-15H2,1-2H3,(H,29,32). The van der Waals surface area contributed by atoms with Gasteiger partial charge in [0.1, 0.15) is 23.1 Å². The van der Waals surface area contributed by atoms with Gasteiger partial charge in [-0.2, -0.15) is 0 Å². The molecule has 0 spiro atoms. The molecule has 0 atom stereocenters. The van der Waals surface area contributed by atoms with E-state index >= 15 is 0 Å². The molecule has 1 N–H and O–H groups in total. The monoisotopic (exact) mass is 442 g/mol. The predicted molar refractivity (Wildman–Crippen MR) is 125 cm³/mol. The second-order valence-corrected chi connectivity index (χ2v) is 7.84. The minimum atomic E-state index is -0.316. The number of rotatable bonds is 7. The lowest BCUT2D eigenvalue weighted by Crippen LogP contribution is -2.18. The van der Waals surface area contributed by atoms with Crippen LogP contribution in [-0.4, -0.2) is 23.7 Å². The van der Waals surface area contributed by atoms with E-state index in [0.717, 1.165) is 27.6 Å². The number of nitrogens with one attached hydrogen (secondary N) is 1. The van der Waals surface area contributed by atoms with Crippen molar-refractivity contribution in [3.63, 3.8) is 0 Å². The molecule has 0 unspecified atom stereocenters. The number of aryl methyl sites for hydroxylation is 1. The largest absolute Gasteiger partial charge is 0.457 e. The van der Waals surface area contributed by atoms with Crippen molar-refractivity contribution in [2.45, 2.75) is 19.8 Å². The molecule has 1 amide bonds. The average molecular weight is 442 g/mol. The van der Waals surface area contributed by atoms with Gasteiger partial charge >= 0.3 is 0 Å². The molecule has 6 heteroatoms. The molecule has 0 fully saturated rings. The maximum absolute atomic E-state index is 13.0. The Morgan fingerprint density at radius 2 is 1.58 bits per heavy atom. The van der Waals surface area contributed by atoms with Crippen molar-refractivity contribution in [2.24, 2.45) is 0 Å². The Balaban J connectivity index is 1.49. The maximum Gasteiger partial charge on any atom is 0.251 e. The number of Topliss-reactive ketones (excluding diaryl/α,β-unsaturated/α-hetero) is 1. The summed E-state index contributed by atoms with van der Waals surface area (Å²) in [5.74, 6) is 0.764. The van der Waals surface area contributed by atoms with Crippen LogP contribution in [0, 0.1) is 12.7 Å². The molecule has 1 heterocycles. The number of amides is 1. The molecule has 3 aromatic carbocycles. The fraction of sp³-hybridized carbons (Fsp3) is 0.148. The molecular formula is C27H23FN2O3. The number of aromatic nitrogens is 1. The summed E-state index contributed by atoms with van der Waals surface area (Å²) in [6.45, 7) is 1.87. The lowest BCUT2D eigenvalue weighted by molar-refractivity contribution is -0.117. The van der Waals surface area contributed by atoms with Crippen molar-refractivity contribution < 1.29 is 18.7 Å². The van der Waals surface area contributed by atoms with Gasteiger partial charge in [-0.3, -0.25) is 14.6 Å². The summed E-state index contributed by atoms with van der Waals surface area (Å²) < 4.78 is 19.1. The fourth-order valence-electron chi connectivity index (χ4n) is 3.66. The first-order valence-corrected chi connectivity index (χ1v) is 10.6. The van der Waals surface area contributed by atoms with Crippen LogP contribution in [0.15, 0.2) is 72.9 Å². The van der Waals surface area contributed by atoms with Crippen LogP contribution >= 0.6 is 0 Å². The van der Waals surface area contributed by atoms with Gasteiger partial charge in [-0.05, 0) is 66.1 Å². The summed E-state index contributed by atoms with van der Waals surface area (Å²) in [5, 5.41) is 3.39. The smallest absolute Gasteiger partial charge is 0.251 e. The zero-order valence-corrected chi connectivity index (χ0v) is 18.4. The first-order valence-electron chi connectivity index (χ1n) is 10.6. The van der Waals surface area contributed by atoms with Crippen molar-refractivity contribution in [1.29, 1.82) is 0 Å². The molecule has 0 bridgehead atoms. The van der Waals surface area contributed by atoms with E-state index in [4.69, 9.17) is 4.74 Å². The van der Waals surface area contributed by atoms with Crippen molar-refractivity contribution >= 4 is 22.6 Å². The second kappa shape index (κ2) is 9.61. The van der Waals surface area contributed by atoms with Gasteiger partial charge in [0.2, 0.25) is 0 Å². The number of carbonyl (C=O) groups is 2.